The zero-order chi connectivity index (χ0) is 21.1. The summed E-state index contributed by atoms with van der Waals surface area (Å²) in [7, 11) is 0. The molecule has 4 rings (SSSR count). The Hall–Kier alpha value is -3.12. The van der Waals surface area contributed by atoms with E-state index in [9.17, 15) is 4.79 Å². The Kier molecular flexibility index (Phi) is 5.86. The highest BCUT2D eigenvalue weighted by molar-refractivity contribution is 6.31. The summed E-state index contributed by atoms with van der Waals surface area (Å²) in [6.45, 7) is 6.65. The van der Waals surface area contributed by atoms with Gasteiger partial charge in [-0.05, 0) is 43.7 Å². The molecule has 2 amide bonds. The van der Waals surface area contributed by atoms with E-state index in [4.69, 9.17) is 11.6 Å². The molecular weight excluding hydrogens is 398 g/mol. The maximum Gasteiger partial charge on any atom is 0.321 e. The number of aryl methyl sites for hydroxylation is 2. The molecule has 0 atom stereocenters. The number of carbonyl (C=O) groups is 1. The van der Waals surface area contributed by atoms with Gasteiger partial charge in [0.15, 0.2) is 5.82 Å². The van der Waals surface area contributed by atoms with Gasteiger partial charge in [0.25, 0.3) is 0 Å². The fourth-order valence-electron chi connectivity index (χ4n) is 3.38. The molecular formula is C23H24ClN5O. The van der Waals surface area contributed by atoms with Gasteiger partial charge in [0, 0.05) is 42.5 Å². The Balaban J connectivity index is 1.34. The quantitative estimate of drug-likeness (QED) is 0.661. The monoisotopic (exact) mass is 421 g/mol. The van der Waals surface area contributed by atoms with Gasteiger partial charge in [-0.3, -0.25) is 0 Å². The number of nitrogens with one attached hydrogen (secondary N) is 1. The highest BCUT2D eigenvalue weighted by Gasteiger charge is 2.22. The second-order valence-electron chi connectivity index (χ2n) is 7.51. The molecule has 6 nitrogen and oxygen atoms in total. The first-order valence-electron chi connectivity index (χ1n) is 9.97. The van der Waals surface area contributed by atoms with E-state index in [2.05, 4.69) is 51.6 Å². The number of halogens is 1. The SMILES string of the molecule is Cc1ccc(-c2ccc(N3CCN(C(=O)Nc4ccc(C)c(Cl)c4)CC3)nn2)cc1. The molecule has 2 heterocycles. The lowest BCUT2D eigenvalue weighted by atomic mass is 10.1. The van der Waals surface area contributed by atoms with Crippen molar-refractivity contribution < 1.29 is 4.79 Å². The van der Waals surface area contributed by atoms with Crippen molar-refractivity contribution in [2.45, 2.75) is 13.8 Å². The summed E-state index contributed by atoms with van der Waals surface area (Å²) in [5, 5.41) is 12.3. The van der Waals surface area contributed by atoms with Crippen LogP contribution in [0.15, 0.2) is 54.6 Å². The van der Waals surface area contributed by atoms with Crippen LogP contribution in [0.4, 0.5) is 16.3 Å². The zero-order valence-corrected chi connectivity index (χ0v) is 17.9. The van der Waals surface area contributed by atoms with Crippen molar-refractivity contribution in [1.29, 1.82) is 0 Å². The van der Waals surface area contributed by atoms with Gasteiger partial charge in [-0.2, -0.15) is 0 Å². The van der Waals surface area contributed by atoms with Crippen molar-refractivity contribution in [2.75, 3.05) is 36.4 Å². The van der Waals surface area contributed by atoms with Crippen LogP contribution in [0, 0.1) is 13.8 Å². The van der Waals surface area contributed by atoms with Crippen molar-refractivity contribution >= 4 is 29.1 Å². The Bertz CT molecular complexity index is 1030. The molecule has 0 aliphatic carbocycles. The van der Waals surface area contributed by atoms with Crippen molar-refractivity contribution in [2.24, 2.45) is 0 Å². The number of benzene rings is 2. The summed E-state index contributed by atoms with van der Waals surface area (Å²) in [5.74, 6) is 0.830. The minimum Gasteiger partial charge on any atom is -0.352 e. The highest BCUT2D eigenvalue weighted by Crippen LogP contribution is 2.22. The molecule has 1 aromatic heterocycles. The summed E-state index contributed by atoms with van der Waals surface area (Å²) in [5.41, 5.74) is 4.81. The number of carbonyl (C=O) groups excluding carboxylic acids is 1. The number of urea groups is 1. The number of amides is 2. The average molecular weight is 422 g/mol. The number of anilines is 2. The molecule has 2 aromatic carbocycles. The first-order chi connectivity index (χ1) is 14.5. The van der Waals surface area contributed by atoms with Crippen LogP contribution in [0.25, 0.3) is 11.3 Å². The number of nitrogens with zero attached hydrogens (tertiary/aromatic N) is 4. The summed E-state index contributed by atoms with van der Waals surface area (Å²) in [6, 6.07) is 17.6. The number of piperazine rings is 1. The second-order valence-corrected chi connectivity index (χ2v) is 7.92. The van der Waals surface area contributed by atoms with Crippen molar-refractivity contribution in [3.63, 3.8) is 0 Å². The van der Waals surface area contributed by atoms with Crippen LogP contribution in [-0.2, 0) is 0 Å². The van der Waals surface area contributed by atoms with E-state index in [0.29, 0.717) is 36.9 Å². The zero-order valence-electron chi connectivity index (χ0n) is 17.1. The summed E-state index contributed by atoms with van der Waals surface area (Å²) >= 11 is 6.14. The van der Waals surface area contributed by atoms with E-state index in [1.165, 1.54) is 5.56 Å². The Morgan fingerprint density at radius 2 is 1.67 bits per heavy atom. The van der Waals surface area contributed by atoms with Crippen LogP contribution in [0.3, 0.4) is 0 Å². The highest BCUT2D eigenvalue weighted by atomic mass is 35.5. The van der Waals surface area contributed by atoms with E-state index in [-0.39, 0.29) is 6.03 Å². The Morgan fingerprint density at radius 1 is 0.933 bits per heavy atom. The fraction of sp³-hybridized carbons (Fsp3) is 0.261. The molecule has 30 heavy (non-hydrogen) atoms. The van der Waals surface area contributed by atoms with Crippen LogP contribution in [-0.4, -0.2) is 47.3 Å². The molecule has 1 saturated heterocycles. The molecule has 0 saturated carbocycles. The minimum absolute atomic E-state index is 0.115. The fourth-order valence-corrected chi connectivity index (χ4v) is 3.56. The van der Waals surface area contributed by atoms with Crippen molar-refractivity contribution in [1.82, 2.24) is 15.1 Å². The number of aromatic nitrogens is 2. The van der Waals surface area contributed by atoms with Crippen LogP contribution in [0.1, 0.15) is 11.1 Å². The molecule has 0 unspecified atom stereocenters. The van der Waals surface area contributed by atoms with Gasteiger partial charge in [0.2, 0.25) is 0 Å². The molecule has 1 aliphatic heterocycles. The maximum absolute atomic E-state index is 12.6. The second kappa shape index (κ2) is 8.71. The first kappa shape index (κ1) is 20.2. The lowest BCUT2D eigenvalue weighted by Gasteiger charge is -2.35. The van der Waals surface area contributed by atoms with Crippen LogP contribution in [0.5, 0.6) is 0 Å². The van der Waals surface area contributed by atoms with Crippen molar-refractivity contribution in [3.05, 3.63) is 70.7 Å². The van der Waals surface area contributed by atoms with E-state index in [0.717, 1.165) is 22.6 Å². The molecule has 3 aromatic rings. The third-order valence-electron chi connectivity index (χ3n) is 5.31. The van der Waals surface area contributed by atoms with Gasteiger partial charge < -0.3 is 15.1 Å². The standard InChI is InChI=1S/C23H24ClN5O/c1-16-3-6-18(7-4-16)21-9-10-22(27-26-21)28-11-13-29(14-12-28)23(30)25-19-8-5-17(2)20(24)15-19/h3-10,15H,11-14H2,1-2H3,(H,25,30). The normalized spacial score (nSPS) is 14.0. The van der Waals surface area contributed by atoms with E-state index in [1.54, 1.807) is 11.0 Å². The van der Waals surface area contributed by atoms with E-state index in [1.807, 2.05) is 31.2 Å². The smallest absolute Gasteiger partial charge is 0.321 e. The largest absolute Gasteiger partial charge is 0.352 e. The van der Waals surface area contributed by atoms with Crippen LogP contribution in [0.2, 0.25) is 5.02 Å². The topological polar surface area (TPSA) is 61.4 Å². The Morgan fingerprint density at radius 3 is 2.30 bits per heavy atom. The van der Waals surface area contributed by atoms with Gasteiger partial charge in [0.05, 0.1) is 5.69 Å². The molecule has 154 valence electrons. The van der Waals surface area contributed by atoms with Crippen LogP contribution < -0.4 is 10.2 Å². The van der Waals surface area contributed by atoms with Gasteiger partial charge in [0.1, 0.15) is 0 Å². The van der Waals surface area contributed by atoms with Crippen molar-refractivity contribution in [3.8, 4) is 11.3 Å². The molecule has 0 spiro atoms. The molecule has 1 fully saturated rings. The third-order valence-corrected chi connectivity index (χ3v) is 5.72. The molecule has 0 radical (unpaired) electrons. The van der Waals surface area contributed by atoms with Gasteiger partial charge in [-0.25, -0.2) is 4.79 Å². The number of rotatable bonds is 3. The van der Waals surface area contributed by atoms with Crippen LogP contribution >= 0.6 is 11.6 Å². The summed E-state index contributed by atoms with van der Waals surface area (Å²) < 4.78 is 0. The minimum atomic E-state index is -0.115. The van der Waals surface area contributed by atoms with E-state index < -0.39 is 0 Å². The van der Waals surface area contributed by atoms with Gasteiger partial charge in [-0.15, -0.1) is 10.2 Å². The Labute approximate surface area is 181 Å². The van der Waals surface area contributed by atoms with Gasteiger partial charge in [-0.1, -0.05) is 47.5 Å². The summed E-state index contributed by atoms with van der Waals surface area (Å²) in [4.78, 5) is 16.5. The molecule has 0 bridgehead atoms. The molecule has 7 heteroatoms. The predicted octanol–water partition coefficient (Wildman–Crippen LogP) is 4.77. The van der Waals surface area contributed by atoms with E-state index >= 15 is 0 Å². The summed E-state index contributed by atoms with van der Waals surface area (Å²) in [6.07, 6.45) is 0. The molecule has 1 N–H and O–H groups in total. The maximum atomic E-state index is 12.6. The number of hydrogen-bond acceptors (Lipinski definition) is 4. The lowest BCUT2D eigenvalue weighted by molar-refractivity contribution is 0.208. The van der Waals surface area contributed by atoms with Gasteiger partial charge >= 0.3 is 6.03 Å². The predicted molar refractivity (Wildman–Crippen MR) is 121 cm³/mol. The third kappa shape index (κ3) is 4.54. The average Bonchev–Trinajstić information content (AvgIpc) is 2.77. The first-order valence-corrected chi connectivity index (χ1v) is 10.4. The molecule has 1 aliphatic rings. The number of hydrogen-bond donors (Lipinski definition) is 1. The lowest BCUT2D eigenvalue weighted by Crippen LogP contribution is -2.50.